The second-order valence-electron chi connectivity index (χ2n) is 8.93. The molecule has 0 saturated carbocycles. The molecule has 6 nitrogen and oxygen atoms in total. The molecule has 1 unspecified atom stereocenters. The fourth-order valence-electron chi connectivity index (χ4n) is 4.54. The highest BCUT2D eigenvalue weighted by atomic mass is 16.5. The molecule has 1 aromatic heterocycles. The van der Waals surface area contributed by atoms with Crippen LogP contribution in [0.3, 0.4) is 0 Å². The largest absolute Gasteiger partial charge is 0.494 e. The quantitative estimate of drug-likeness (QED) is 0.650. The molecule has 3 aromatic rings. The normalized spacial score (nSPS) is 19.5. The topological polar surface area (TPSA) is 69.0 Å². The van der Waals surface area contributed by atoms with E-state index < -0.39 is 0 Å². The van der Waals surface area contributed by atoms with Gasteiger partial charge in [0.25, 0.3) is 0 Å². The predicted molar refractivity (Wildman–Crippen MR) is 120 cm³/mol. The lowest BCUT2D eigenvalue weighted by Crippen LogP contribution is -2.36. The van der Waals surface area contributed by atoms with Gasteiger partial charge in [0.2, 0.25) is 5.95 Å². The van der Waals surface area contributed by atoms with E-state index in [-0.39, 0.29) is 17.2 Å². The van der Waals surface area contributed by atoms with Crippen molar-refractivity contribution in [3.63, 3.8) is 0 Å². The van der Waals surface area contributed by atoms with E-state index in [0.717, 1.165) is 34.6 Å². The van der Waals surface area contributed by atoms with Crippen molar-refractivity contribution < 1.29 is 9.53 Å². The third-order valence-electron chi connectivity index (χ3n) is 5.87. The SMILES string of the molecule is CCOc1ccc(C2C3=C(CC(C)(C)CC3=O)Nc3nc(-c4ccccc4)nn32)cc1. The summed E-state index contributed by atoms with van der Waals surface area (Å²) in [6.45, 7) is 6.85. The lowest BCUT2D eigenvalue weighted by Gasteiger charge is -2.38. The molecule has 0 saturated heterocycles. The number of fused-ring (bicyclic) bond motifs is 1. The molecule has 2 aromatic carbocycles. The van der Waals surface area contributed by atoms with E-state index in [1.165, 1.54) is 0 Å². The van der Waals surface area contributed by atoms with Crippen LogP contribution in [0.15, 0.2) is 65.9 Å². The maximum Gasteiger partial charge on any atom is 0.226 e. The maximum absolute atomic E-state index is 13.3. The summed E-state index contributed by atoms with van der Waals surface area (Å²) < 4.78 is 7.46. The number of carbonyl (C=O) groups excluding carboxylic acids is 1. The lowest BCUT2D eigenvalue weighted by atomic mass is 9.73. The predicted octanol–water partition coefficient (Wildman–Crippen LogP) is 5.00. The number of nitrogens with zero attached hydrogens (tertiary/aromatic N) is 3. The molecule has 0 fully saturated rings. The molecule has 2 heterocycles. The van der Waals surface area contributed by atoms with Crippen LogP contribution in [0.2, 0.25) is 0 Å². The van der Waals surface area contributed by atoms with Crippen molar-refractivity contribution >= 4 is 11.7 Å². The van der Waals surface area contributed by atoms with Gasteiger partial charge in [0.1, 0.15) is 11.8 Å². The van der Waals surface area contributed by atoms with Gasteiger partial charge in [-0.15, -0.1) is 5.10 Å². The van der Waals surface area contributed by atoms with E-state index in [2.05, 4.69) is 19.2 Å². The Hall–Kier alpha value is -3.41. The summed E-state index contributed by atoms with van der Waals surface area (Å²) in [5, 5.41) is 8.25. The molecule has 2 aliphatic rings. The summed E-state index contributed by atoms with van der Waals surface area (Å²) in [6, 6.07) is 17.5. The number of nitrogens with one attached hydrogen (secondary N) is 1. The van der Waals surface area contributed by atoms with Crippen molar-refractivity contribution in [3.05, 3.63) is 71.4 Å². The molecule has 1 aliphatic heterocycles. The van der Waals surface area contributed by atoms with Crippen LogP contribution in [0.4, 0.5) is 5.95 Å². The number of ether oxygens (including phenoxy) is 1. The smallest absolute Gasteiger partial charge is 0.226 e. The van der Waals surface area contributed by atoms with Crippen molar-refractivity contribution in [3.8, 4) is 17.1 Å². The van der Waals surface area contributed by atoms with Crippen LogP contribution in [0.25, 0.3) is 11.4 Å². The van der Waals surface area contributed by atoms with Crippen molar-refractivity contribution in [2.45, 2.75) is 39.7 Å². The number of allylic oxidation sites excluding steroid dienone is 2. The second kappa shape index (κ2) is 7.38. The minimum absolute atomic E-state index is 0.0866. The number of Topliss-reactive ketones (excluding diaryl/α,β-unsaturated/α-hetero) is 1. The minimum atomic E-state index is -0.310. The van der Waals surface area contributed by atoms with Crippen molar-refractivity contribution in [2.75, 3.05) is 11.9 Å². The first-order chi connectivity index (χ1) is 14.9. The van der Waals surface area contributed by atoms with Crippen LogP contribution < -0.4 is 10.1 Å². The lowest BCUT2D eigenvalue weighted by molar-refractivity contribution is -0.118. The Morgan fingerprint density at radius 1 is 1.10 bits per heavy atom. The molecule has 0 spiro atoms. The highest BCUT2D eigenvalue weighted by Gasteiger charge is 2.41. The standard InChI is InChI=1S/C25H26N4O2/c1-4-31-18-12-10-16(11-13-18)22-21-19(14-25(2,3)15-20(21)30)26-24-27-23(28-29(22)24)17-8-6-5-7-9-17/h5-13,22H,4,14-15H2,1-3H3,(H,26,27,28). The van der Waals surface area contributed by atoms with Crippen LogP contribution >= 0.6 is 0 Å². The van der Waals surface area contributed by atoms with Crippen LogP contribution in [0.5, 0.6) is 5.75 Å². The highest BCUT2D eigenvalue weighted by Crippen LogP contribution is 2.45. The summed E-state index contributed by atoms with van der Waals surface area (Å²) in [5.74, 6) is 2.29. The number of anilines is 1. The third kappa shape index (κ3) is 3.52. The zero-order valence-corrected chi connectivity index (χ0v) is 18.1. The molecule has 0 amide bonds. The Balaban J connectivity index is 1.64. The van der Waals surface area contributed by atoms with Crippen LogP contribution in [0.1, 0.15) is 45.2 Å². The van der Waals surface area contributed by atoms with Crippen molar-refractivity contribution in [1.82, 2.24) is 14.8 Å². The zero-order valence-electron chi connectivity index (χ0n) is 18.1. The Kier molecular flexibility index (Phi) is 4.65. The molecular weight excluding hydrogens is 388 g/mol. The van der Waals surface area contributed by atoms with Gasteiger partial charge in [-0.3, -0.25) is 4.79 Å². The van der Waals surface area contributed by atoms with Gasteiger partial charge in [-0.25, -0.2) is 4.68 Å². The van der Waals surface area contributed by atoms with E-state index >= 15 is 0 Å². The van der Waals surface area contributed by atoms with Gasteiger partial charge in [0.15, 0.2) is 11.6 Å². The van der Waals surface area contributed by atoms with Gasteiger partial charge < -0.3 is 10.1 Å². The molecule has 1 N–H and O–H groups in total. The zero-order chi connectivity index (χ0) is 21.6. The van der Waals surface area contributed by atoms with Gasteiger partial charge in [-0.2, -0.15) is 4.98 Å². The molecule has 6 heteroatoms. The van der Waals surface area contributed by atoms with Gasteiger partial charge in [0, 0.05) is 23.3 Å². The molecule has 1 atom stereocenters. The summed E-state index contributed by atoms with van der Waals surface area (Å²) in [7, 11) is 0. The molecule has 31 heavy (non-hydrogen) atoms. The van der Waals surface area contributed by atoms with E-state index in [0.29, 0.717) is 24.8 Å². The van der Waals surface area contributed by atoms with Gasteiger partial charge in [-0.05, 0) is 36.5 Å². The van der Waals surface area contributed by atoms with E-state index in [4.69, 9.17) is 14.8 Å². The Bertz CT molecular complexity index is 1160. The number of rotatable bonds is 4. The summed E-state index contributed by atoms with van der Waals surface area (Å²) >= 11 is 0. The highest BCUT2D eigenvalue weighted by molar-refractivity contribution is 6.00. The Labute approximate surface area is 182 Å². The average molecular weight is 415 g/mol. The van der Waals surface area contributed by atoms with Crippen LogP contribution in [-0.4, -0.2) is 27.2 Å². The fourth-order valence-corrected chi connectivity index (χ4v) is 4.54. The number of benzene rings is 2. The monoisotopic (exact) mass is 414 g/mol. The van der Waals surface area contributed by atoms with Gasteiger partial charge >= 0.3 is 0 Å². The number of hydrogen-bond acceptors (Lipinski definition) is 5. The minimum Gasteiger partial charge on any atom is -0.494 e. The molecule has 0 radical (unpaired) electrons. The van der Waals surface area contributed by atoms with Crippen LogP contribution in [0, 0.1) is 5.41 Å². The molecule has 5 rings (SSSR count). The van der Waals surface area contributed by atoms with Crippen molar-refractivity contribution in [1.29, 1.82) is 0 Å². The number of ketones is 1. The Morgan fingerprint density at radius 2 is 1.84 bits per heavy atom. The fraction of sp³-hybridized carbons (Fsp3) is 0.320. The maximum atomic E-state index is 13.3. The first-order valence-corrected chi connectivity index (χ1v) is 10.7. The third-order valence-corrected chi connectivity index (χ3v) is 5.87. The molecule has 1 aliphatic carbocycles. The molecule has 158 valence electrons. The first-order valence-electron chi connectivity index (χ1n) is 10.7. The van der Waals surface area contributed by atoms with E-state index in [1.54, 1.807) is 0 Å². The number of aromatic nitrogens is 3. The van der Waals surface area contributed by atoms with Gasteiger partial charge in [0.05, 0.1) is 6.61 Å². The average Bonchev–Trinajstić information content (AvgIpc) is 3.17. The van der Waals surface area contributed by atoms with Gasteiger partial charge in [-0.1, -0.05) is 56.3 Å². The summed E-state index contributed by atoms with van der Waals surface area (Å²) in [6.07, 6.45) is 1.33. The molecular formula is C25H26N4O2. The summed E-state index contributed by atoms with van der Waals surface area (Å²) in [4.78, 5) is 18.1. The van der Waals surface area contributed by atoms with Crippen molar-refractivity contribution in [2.24, 2.45) is 5.41 Å². The molecule has 0 bridgehead atoms. The first kappa shape index (κ1) is 19.5. The van der Waals surface area contributed by atoms with Crippen LogP contribution in [-0.2, 0) is 4.79 Å². The van der Waals surface area contributed by atoms with E-state index in [9.17, 15) is 4.79 Å². The number of hydrogen-bond donors (Lipinski definition) is 1. The van der Waals surface area contributed by atoms with E-state index in [1.807, 2.05) is 66.2 Å². The summed E-state index contributed by atoms with van der Waals surface area (Å²) in [5.41, 5.74) is 3.61. The Morgan fingerprint density at radius 3 is 2.55 bits per heavy atom. The second-order valence-corrected chi connectivity index (χ2v) is 8.93. The number of carbonyl (C=O) groups is 1.